The van der Waals surface area contributed by atoms with Gasteiger partial charge in [0.2, 0.25) is 5.91 Å². The first kappa shape index (κ1) is 14.0. The van der Waals surface area contributed by atoms with E-state index < -0.39 is 23.9 Å². The fraction of sp³-hybridized carbons (Fsp3) is 0.300. The molecule has 0 spiro atoms. The first-order valence-corrected chi connectivity index (χ1v) is 5.86. The summed E-state index contributed by atoms with van der Waals surface area (Å²) in [6.07, 6.45) is 0. The van der Waals surface area contributed by atoms with Crippen LogP contribution in [0.2, 0.25) is 0 Å². The third kappa shape index (κ3) is 3.45. The van der Waals surface area contributed by atoms with Gasteiger partial charge in [0.05, 0.1) is 12.8 Å². The summed E-state index contributed by atoms with van der Waals surface area (Å²) >= 11 is 1.15. The maximum atomic E-state index is 11.7. The molecule has 0 bridgehead atoms. The molecule has 1 atom stereocenters. The van der Waals surface area contributed by atoms with Gasteiger partial charge in [-0.2, -0.15) is 0 Å². The van der Waals surface area contributed by atoms with Crippen molar-refractivity contribution in [3.63, 3.8) is 0 Å². The lowest BCUT2D eigenvalue weighted by Crippen LogP contribution is -2.44. The monoisotopic (exact) mass is 271 g/mol. The molecule has 0 saturated carbocycles. The topological polar surface area (TPSA) is 111 Å². The van der Waals surface area contributed by atoms with Crippen molar-refractivity contribution in [3.05, 3.63) is 16.3 Å². The molecule has 0 radical (unpaired) electrons. The SMILES string of the molecule is COC(=O)c1sccc1NC(=O)C(C)NC(N)=O. The predicted molar refractivity (Wildman–Crippen MR) is 66.5 cm³/mol. The molecule has 8 heteroatoms. The molecule has 1 rings (SSSR count). The lowest BCUT2D eigenvalue weighted by Gasteiger charge is -2.12. The van der Waals surface area contributed by atoms with Crippen LogP contribution in [0, 0.1) is 0 Å². The summed E-state index contributed by atoms with van der Waals surface area (Å²) in [5.74, 6) is -1.01. The Bertz CT molecular complexity index is 471. The third-order valence-corrected chi connectivity index (χ3v) is 2.94. The van der Waals surface area contributed by atoms with Crippen molar-refractivity contribution < 1.29 is 19.1 Å². The number of urea groups is 1. The number of ether oxygens (including phenoxy) is 1. The van der Waals surface area contributed by atoms with Gasteiger partial charge in [0.1, 0.15) is 10.9 Å². The zero-order valence-electron chi connectivity index (χ0n) is 9.85. The Morgan fingerprint density at radius 2 is 2.11 bits per heavy atom. The van der Waals surface area contributed by atoms with Crippen LogP contribution >= 0.6 is 11.3 Å². The Balaban J connectivity index is 2.73. The minimum Gasteiger partial charge on any atom is -0.465 e. The highest BCUT2D eigenvalue weighted by atomic mass is 32.1. The van der Waals surface area contributed by atoms with E-state index in [1.807, 2.05) is 0 Å². The fourth-order valence-electron chi connectivity index (χ4n) is 1.18. The van der Waals surface area contributed by atoms with Crippen molar-refractivity contribution in [2.24, 2.45) is 5.73 Å². The fourth-order valence-corrected chi connectivity index (χ4v) is 1.94. The molecule has 0 aliphatic carbocycles. The highest BCUT2D eigenvalue weighted by Gasteiger charge is 2.19. The number of amides is 3. The van der Waals surface area contributed by atoms with E-state index in [1.54, 1.807) is 11.4 Å². The number of hydrogen-bond acceptors (Lipinski definition) is 5. The molecule has 18 heavy (non-hydrogen) atoms. The normalized spacial score (nSPS) is 11.4. The molecule has 3 amide bonds. The van der Waals surface area contributed by atoms with Crippen molar-refractivity contribution in [1.29, 1.82) is 0 Å². The second-order valence-electron chi connectivity index (χ2n) is 3.37. The third-order valence-electron chi connectivity index (χ3n) is 2.05. The van der Waals surface area contributed by atoms with Gasteiger partial charge in [0, 0.05) is 0 Å². The van der Waals surface area contributed by atoms with Gasteiger partial charge in [0.15, 0.2) is 0 Å². The van der Waals surface area contributed by atoms with Crippen LogP contribution in [-0.2, 0) is 9.53 Å². The lowest BCUT2D eigenvalue weighted by atomic mass is 10.3. The highest BCUT2D eigenvalue weighted by molar-refractivity contribution is 7.12. The van der Waals surface area contributed by atoms with Gasteiger partial charge in [-0.1, -0.05) is 0 Å². The van der Waals surface area contributed by atoms with Gasteiger partial charge in [-0.3, -0.25) is 4.79 Å². The molecule has 0 aromatic carbocycles. The molecule has 7 nitrogen and oxygen atoms in total. The summed E-state index contributed by atoms with van der Waals surface area (Å²) in [7, 11) is 1.25. The number of primary amides is 1. The first-order chi connectivity index (χ1) is 8.45. The van der Waals surface area contributed by atoms with Crippen molar-refractivity contribution in [2.45, 2.75) is 13.0 Å². The molecular formula is C10H13N3O4S. The Kier molecular flexibility index (Phi) is 4.67. The van der Waals surface area contributed by atoms with Gasteiger partial charge >= 0.3 is 12.0 Å². The van der Waals surface area contributed by atoms with Gasteiger partial charge in [0.25, 0.3) is 0 Å². The number of nitrogens with two attached hydrogens (primary N) is 1. The summed E-state index contributed by atoms with van der Waals surface area (Å²) in [6.45, 7) is 1.48. The molecule has 1 unspecified atom stereocenters. The lowest BCUT2D eigenvalue weighted by molar-refractivity contribution is -0.117. The average Bonchev–Trinajstić information content (AvgIpc) is 2.75. The molecule has 1 aromatic rings. The molecule has 0 fully saturated rings. The minimum atomic E-state index is -0.798. The summed E-state index contributed by atoms with van der Waals surface area (Å²) in [6, 6.07) is -0.0183. The number of methoxy groups -OCH3 is 1. The van der Waals surface area contributed by atoms with Crippen molar-refractivity contribution in [3.8, 4) is 0 Å². The minimum absolute atomic E-state index is 0.289. The molecule has 0 saturated heterocycles. The number of carbonyl (C=O) groups is 3. The Morgan fingerprint density at radius 3 is 2.67 bits per heavy atom. The van der Waals surface area contributed by atoms with Crippen molar-refractivity contribution >= 4 is 34.9 Å². The first-order valence-electron chi connectivity index (χ1n) is 4.98. The number of rotatable bonds is 4. The number of thiophene rings is 1. The van der Waals surface area contributed by atoms with Crippen LogP contribution in [0.3, 0.4) is 0 Å². The van der Waals surface area contributed by atoms with Crippen molar-refractivity contribution in [1.82, 2.24) is 5.32 Å². The molecule has 1 aromatic heterocycles. The summed E-state index contributed by atoms with van der Waals surface area (Å²) in [4.78, 5) is 33.9. The summed E-state index contributed by atoms with van der Waals surface area (Å²) < 4.78 is 4.57. The number of hydrogen-bond donors (Lipinski definition) is 3. The van der Waals surface area contributed by atoms with E-state index in [1.165, 1.54) is 14.0 Å². The Labute approximate surface area is 107 Å². The molecule has 4 N–H and O–H groups in total. The summed E-state index contributed by atoms with van der Waals surface area (Å²) in [5, 5.41) is 6.39. The van der Waals surface area contributed by atoms with Crippen LogP contribution in [0.5, 0.6) is 0 Å². The molecule has 98 valence electrons. The number of anilines is 1. The molecular weight excluding hydrogens is 258 g/mol. The molecule has 0 aliphatic rings. The van der Waals surface area contributed by atoms with E-state index >= 15 is 0 Å². The van der Waals surface area contributed by atoms with Crippen LogP contribution in [0.1, 0.15) is 16.6 Å². The summed E-state index contributed by atoms with van der Waals surface area (Å²) in [5.41, 5.74) is 5.24. The van der Waals surface area contributed by atoms with E-state index in [2.05, 4.69) is 15.4 Å². The molecule has 0 aliphatic heterocycles. The van der Waals surface area contributed by atoms with Gasteiger partial charge < -0.3 is 21.1 Å². The second kappa shape index (κ2) is 6.01. The number of nitrogens with one attached hydrogen (secondary N) is 2. The van der Waals surface area contributed by atoms with E-state index in [0.29, 0.717) is 5.69 Å². The Morgan fingerprint density at radius 1 is 1.44 bits per heavy atom. The van der Waals surface area contributed by atoms with Gasteiger partial charge in [-0.15, -0.1) is 11.3 Å². The standard InChI is InChI=1S/C10H13N3O4S/c1-5(12-10(11)16)8(14)13-6-3-4-18-7(6)9(15)17-2/h3-5H,1-2H3,(H,13,14)(H3,11,12,16). The smallest absolute Gasteiger partial charge is 0.350 e. The van der Waals surface area contributed by atoms with Crippen LogP contribution in [0.25, 0.3) is 0 Å². The van der Waals surface area contributed by atoms with E-state index in [-0.39, 0.29) is 4.88 Å². The van der Waals surface area contributed by atoms with Gasteiger partial charge in [-0.05, 0) is 18.4 Å². The van der Waals surface area contributed by atoms with Crippen LogP contribution in [0.4, 0.5) is 10.5 Å². The Hall–Kier alpha value is -2.09. The zero-order valence-corrected chi connectivity index (χ0v) is 10.7. The predicted octanol–water partition coefficient (Wildman–Crippen LogP) is 0.530. The van der Waals surface area contributed by atoms with Crippen LogP contribution < -0.4 is 16.4 Å². The van der Waals surface area contributed by atoms with Crippen molar-refractivity contribution in [2.75, 3.05) is 12.4 Å². The number of carbonyl (C=O) groups excluding carboxylic acids is 3. The second-order valence-corrected chi connectivity index (χ2v) is 4.29. The van der Waals surface area contributed by atoms with E-state index in [4.69, 9.17) is 5.73 Å². The zero-order chi connectivity index (χ0) is 13.7. The quantitative estimate of drug-likeness (QED) is 0.693. The van der Waals surface area contributed by atoms with E-state index in [9.17, 15) is 14.4 Å². The van der Waals surface area contributed by atoms with E-state index in [0.717, 1.165) is 11.3 Å². The maximum Gasteiger partial charge on any atom is 0.350 e. The maximum absolute atomic E-state index is 11.7. The van der Waals surface area contributed by atoms with Crippen LogP contribution in [-0.4, -0.2) is 31.1 Å². The van der Waals surface area contributed by atoms with Crippen LogP contribution in [0.15, 0.2) is 11.4 Å². The van der Waals surface area contributed by atoms with Gasteiger partial charge in [-0.25, -0.2) is 9.59 Å². The highest BCUT2D eigenvalue weighted by Crippen LogP contribution is 2.23. The number of esters is 1. The molecule has 1 heterocycles. The largest absolute Gasteiger partial charge is 0.465 e. The average molecular weight is 271 g/mol.